The van der Waals surface area contributed by atoms with Crippen LogP contribution in [0.2, 0.25) is 0 Å². The van der Waals surface area contributed by atoms with Crippen LogP contribution in [0, 0.1) is 0 Å². The summed E-state index contributed by atoms with van der Waals surface area (Å²) in [7, 11) is 1.27. The molecule has 5 rings (SSSR count). The normalized spacial score (nSPS) is 17.7. The lowest BCUT2D eigenvalue weighted by Crippen LogP contribution is -2.47. The fourth-order valence-electron chi connectivity index (χ4n) is 4.64. The summed E-state index contributed by atoms with van der Waals surface area (Å²) in [6, 6.07) is 5.02. The largest absolute Gasteiger partial charge is 0.434 e. The summed E-state index contributed by atoms with van der Waals surface area (Å²) in [6.07, 6.45) is 3.54. The van der Waals surface area contributed by atoms with Crippen LogP contribution in [-0.4, -0.2) is 70.8 Å². The Morgan fingerprint density at radius 3 is 2.61 bits per heavy atom. The SMILES string of the molecule is CN(C1CC(c2c(C=O)cccc2OC(F)F)c2c1nn1ccc(-c3cncnc3)nc21)C(O)(O)O. The van der Waals surface area contributed by atoms with E-state index in [1.165, 1.54) is 36.1 Å². The molecule has 3 N–H and O–H groups in total. The van der Waals surface area contributed by atoms with Gasteiger partial charge in [0.1, 0.15) is 18.4 Å². The number of benzene rings is 1. The first-order valence-electron chi connectivity index (χ1n) is 10.8. The first-order chi connectivity index (χ1) is 17.2. The number of rotatable bonds is 7. The average molecular weight is 498 g/mol. The highest BCUT2D eigenvalue weighted by atomic mass is 19.3. The molecule has 0 bridgehead atoms. The van der Waals surface area contributed by atoms with Crippen molar-refractivity contribution >= 4 is 11.9 Å². The van der Waals surface area contributed by atoms with Gasteiger partial charge >= 0.3 is 12.7 Å². The van der Waals surface area contributed by atoms with Crippen LogP contribution in [0.1, 0.15) is 45.6 Å². The van der Waals surface area contributed by atoms with Crippen molar-refractivity contribution in [2.24, 2.45) is 0 Å². The lowest BCUT2D eigenvalue weighted by molar-refractivity contribution is -0.396. The molecule has 0 saturated heterocycles. The standard InChI is InChI=1S/C23H20F2N6O5/c1-30(23(33,34)35)16-7-14(18-12(10-32)3-2-4-17(18)36-22(24)25)19-20(16)29-31-6-5-15(28-21(19)31)13-8-26-11-27-9-13/h2-6,8-11,14,16,22,33-35H,7H2,1H3. The molecule has 0 aliphatic heterocycles. The Kier molecular flexibility index (Phi) is 5.92. The van der Waals surface area contributed by atoms with E-state index in [0.717, 1.165) is 4.90 Å². The number of fused-ring (bicyclic) bond motifs is 3. The summed E-state index contributed by atoms with van der Waals surface area (Å²) in [5, 5.41) is 34.1. The first kappa shape index (κ1) is 23.8. The van der Waals surface area contributed by atoms with Gasteiger partial charge in [0.2, 0.25) is 0 Å². The molecule has 36 heavy (non-hydrogen) atoms. The van der Waals surface area contributed by atoms with Gasteiger partial charge in [-0.05, 0) is 25.6 Å². The second kappa shape index (κ2) is 8.95. The second-order valence-corrected chi connectivity index (χ2v) is 8.28. The molecule has 11 nitrogen and oxygen atoms in total. The van der Waals surface area contributed by atoms with E-state index in [1.54, 1.807) is 24.7 Å². The van der Waals surface area contributed by atoms with Gasteiger partial charge in [-0.2, -0.15) is 13.9 Å². The van der Waals surface area contributed by atoms with E-state index in [-0.39, 0.29) is 23.3 Å². The Bertz CT molecular complexity index is 1430. The van der Waals surface area contributed by atoms with Crippen LogP contribution in [0.15, 0.2) is 49.2 Å². The zero-order valence-corrected chi connectivity index (χ0v) is 18.7. The molecule has 3 aromatic heterocycles. The lowest BCUT2D eigenvalue weighted by atomic mass is 9.89. The van der Waals surface area contributed by atoms with Crippen molar-refractivity contribution in [1.29, 1.82) is 0 Å². The number of hydrogen-bond donors (Lipinski definition) is 3. The highest BCUT2D eigenvalue weighted by Crippen LogP contribution is 2.51. The minimum atomic E-state index is -3.20. The number of nitrogens with zero attached hydrogens (tertiary/aromatic N) is 6. The van der Waals surface area contributed by atoms with E-state index in [4.69, 9.17) is 9.72 Å². The van der Waals surface area contributed by atoms with Gasteiger partial charge < -0.3 is 20.1 Å². The second-order valence-electron chi connectivity index (χ2n) is 8.28. The Balaban J connectivity index is 1.75. The molecule has 0 radical (unpaired) electrons. The number of carbonyl (C=O) groups excluding carboxylic acids is 1. The van der Waals surface area contributed by atoms with E-state index in [2.05, 4.69) is 15.1 Å². The third-order valence-corrected chi connectivity index (χ3v) is 6.26. The summed E-state index contributed by atoms with van der Waals surface area (Å²) in [5.41, 5.74) is 2.54. The fraction of sp³-hybridized carbons (Fsp3) is 0.261. The monoisotopic (exact) mass is 498 g/mol. The zero-order chi connectivity index (χ0) is 25.6. The minimum Gasteiger partial charge on any atom is -0.434 e. The number of hydrogen-bond acceptors (Lipinski definition) is 10. The number of alkyl halides is 2. The number of halogens is 2. The molecule has 1 aliphatic rings. The highest BCUT2D eigenvalue weighted by molar-refractivity contribution is 5.80. The van der Waals surface area contributed by atoms with Crippen LogP contribution in [0.5, 0.6) is 5.75 Å². The molecule has 186 valence electrons. The Labute approximate surface area is 202 Å². The average Bonchev–Trinajstić information content (AvgIpc) is 3.40. The van der Waals surface area contributed by atoms with Crippen molar-refractivity contribution in [2.75, 3.05) is 7.05 Å². The predicted molar refractivity (Wildman–Crippen MR) is 119 cm³/mol. The molecule has 0 amide bonds. The van der Waals surface area contributed by atoms with Crippen LogP contribution in [0.4, 0.5) is 8.78 Å². The smallest absolute Gasteiger partial charge is 0.387 e. The van der Waals surface area contributed by atoms with Gasteiger partial charge in [0, 0.05) is 46.8 Å². The number of carbonyl (C=O) groups is 1. The van der Waals surface area contributed by atoms with Gasteiger partial charge in [-0.15, -0.1) is 0 Å². The molecule has 1 aliphatic carbocycles. The molecule has 0 fully saturated rings. The maximum Gasteiger partial charge on any atom is 0.387 e. The number of aldehydes is 1. The zero-order valence-electron chi connectivity index (χ0n) is 18.7. The van der Waals surface area contributed by atoms with Crippen LogP contribution in [-0.2, 0) is 0 Å². The molecular formula is C23H20F2N6O5. The van der Waals surface area contributed by atoms with Gasteiger partial charge in [0.15, 0.2) is 5.65 Å². The summed E-state index contributed by atoms with van der Waals surface area (Å²) in [5.74, 6) is -0.971. The maximum atomic E-state index is 13.3. The number of aliphatic hydroxyl groups is 3. The molecule has 2 atom stereocenters. The van der Waals surface area contributed by atoms with Crippen LogP contribution >= 0.6 is 0 Å². The van der Waals surface area contributed by atoms with Crippen molar-refractivity contribution in [3.05, 3.63) is 71.6 Å². The fourth-order valence-corrected chi connectivity index (χ4v) is 4.64. The van der Waals surface area contributed by atoms with Gasteiger partial charge in [0.05, 0.1) is 17.4 Å². The molecule has 4 aromatic rings. The van der Waals surface area contributed by atoms with Gasteiger partial charge in [-0.25, -0.2) is 24.4 Å². The Hall–Kier alpha value is -3.91. The summed E-state index contributed by atoms with van der Waals surface area (Å²) >= 11 is 0. The summed E-state index contributed by atoms with van der Waals surface area (Å²) < 4.78 is 32.7. The quantitative estimate of drug-likeness (QED) is 0.254. The van der Waals surface area contributed by atoms with Crippen LogP contribution < -0.4 is 4.74 Å². The lowest BCUT2D eigenvalue weighted by Gasteiger charge is -2.31. The molecule has 2 unspecified atom stereocenters. The van der Waals surface area contributed by atoms with E-state index in [0.29, 0.717) is 34.4 Å². The number of ether oxygens (including phenoxy) is 1. The maximum absolute atomic E-state index is 13.3. The first-order valence-corrected chi connectivity index (χ1v) is 10.8. The molecular weight excluding hydrogens is 478 g/mol. The molecule has 1 aromatic carbocycles. The Morgan fingerprint density at radius 2 is 1.94 bits per heavy atom. The van der Waals surface area contributed by atoms with E-state index >= 15 is 0 Å². The molecule has 0 saturated carbocycles. The van der Waals surface area contributed by atoms with E-state index in [1.807, 2.05) is 0 Å². The summed E-state index contributed by atoms with van der Waals surface area (Å²) in [6.45, 7) is -3.14. The van der Waals surface area contributed by atoms with E-state index < -0.39 is 24.7 Å². The van der Waals surface area contributed by atoms with Crippen LogP contribution in [0.25, 0.3) is 16.9 Å². The van der Waals surface area contributed by atoms with Gasteiger partial charge in [-0.3, -0.25) is 4.79 Å². The third kappa shape index (κ3) is 4.07. The highest BCUT2D eigenvalue weighted by Gasteiger charge is 2.45. The molecule has 13 heteroatoms. The van der Waals surface area contributed by atoms with Crippen molar-refractivity contribution in [1.82, 2.24) is 29.5 Å². The van der Waals surface area contributed by atoms with Gasteiger partial charge in [0.25, 0.3) is 0 Å². The van der Waals surface area contributed by atoms with Crippen molar-refractivity contribution in [2.45, 2.75) is 31.1 Å². The predicted octanol–water partition coefficient (Wildman–Crippen LogP) is 1.70. The van der Waals surface area contributed by atoms with Crippen molar-refractivity contribution in [3.8, 4) is 17.0 Å². The van der Waals surface area contributed by atoms with Crippen molar-refractivity contribution in [3.63, 3.8) is 0 Å². The minimum absolute atomic E-state index is 0.0545. The molecule has 0 spiro atoms. The topological polar surface area (TPSA) is 146 Å². The van der Waals surface area contributed by atoms with E-state index in [9.17, 15) is 28.9 Å². The molecule has 3 heterocycles. The Morgan fingerprint density at radius 1 is 1.19 bits per heavy atom. The van der Waals surface area contributed by atoms with Gasteiger partial charge in [-0.1, -0.05) is 12.1 Å². The van der Waals surface area contributed by atoms with Crippen molar-refractivity contribution < 1.29 is 33.6 Å². The summed E-state index contributed by atoms with van der Waals surface area (Å²) in [4.78, 5) is 25.5. The third-order valence-electron chi connectivity index (χ3n) is 6.26. The van der Waals surface area contributed by atoms with Crippen LogP contribution in [0.3, 0.4) is 0 Å². The number of aromatic nitrogens is 5.